The van der Waals surface area contributed by atoms with Crippen LogP contribution in [0.4, 0.5) is 5.69 Å². The van der Waals surface area contributed by atoms with Crippen molar-refractivity contribution in [1.29, 1.82) is 0 Å². The Morgan fingerprint density at radius 2 is 1.48 bits per heavy atom. The van der Waals surface area contributed by atoms with Gasteiger partial charge in [0, 0.05) is 17.3 Å². The van der Waals surface area contributed by atoms with Crippen LogP contribution in [0.1, 0.15) is 69.4 Å². The zero-order valence-electron chi connectivity index (χ0n) is 16.9. The van der Waals surface area contributed by atoms with Crippen LogP contribution in [0.3, 0.4) is 0 Å². The van der Waals surface area contributed by atoms with Crippen LogP contribution < -0.4 is 0 Å². The summed E-state index contributed by atoms with van der Waals surface area (Å²) in [5, 5.41) is 10.8. The fourth-order valence-electron chi connectivity index (χ4n) is 2.71. The van der Waals surface area contributed by atoms with Crippen molar-refractivity contribution >= 4 is 11.9 Å². The number of hydrogen-bond acceptors (Lipinski definition) is 2. The second kappa shape index (κ2) is 6.67. The van der Waals surface area contributed by atoms with E-state index >= 15 is 0 Å². The Hall–Kier alpha value is -2.09. The maximum Gasteiger partial charge on any atom is 0.128 e. The number of phenols is 1. The maximum absolute atomic E-state index is 10.8. The van der Waals surface area contributed by atoms with Gasteiger partial charge in [0.05, 0.1) is 5.69 Å². The van der Waals surface area contributed by atoms with Crippen molar-refractivity contribution in [3.05, 3.63) is 58.1 Å². The van der Waals surface area contributed by atoms with E-state index in [4.69, 9.17) is 0 Å². The van der Waals surface area contributed by atoms with Crippen LogP contribution >= 0.6 is 0 Å². The molecule has 0 saturated heterocycles. The molecule has 2 rings (SSSR count). The molecule has 0 aliphatic heterocycles. The van der Waals surface area contributed by atoms with Gasteiger partial charge < -0.3 is 5.11 Å². The van der Waals surface area contributed by atoms with Gasteiger partial charge in [0.1, 0.15) is 5.75 Å². The monoisotopic (exact) mass is 337 g/mol. The van der Waals surface area contributed by atoms with Gasteiger partial charge >= 0.3 is 0 Å². The molecule has 0 bridgehead atoms. The minimum Gasteiger partial charge on any atom is -0.507 e. The molecule has 25 heavy (non-hydrogen) atoms. The van der Waals surface area contributed by atoms with Gasteiger partial charge in [-0.1, -0.05) is 53.7 Å². The molecule has 0 radical (unpaired) electrons. The molecule has 1 N–H and O–H groups in total. The summed E-state index contributed by atoms with van der Waals surface area (Å²) < 4.78 is 0. The molecule has 0 atom stereocenters. The third-order valence-electron chi connectivity index (χ3n) is 4.66. The normalized spacial score (nSPS) is 12.8. The zero-order chi connectivity index (χ0) is 19.0. The fraction of sp³-hybridized carbons (Fsp3) is 0.435. The molecule has 134 valence electrons. The summed E-state index contributed by atoms with van der Waals surface area (Å²) in [5.74, 6) is 0.327. The second-order valence-electron chi connectivity index (χ2n) is 8.99. The molecule has 0 unspecified atom stereocenters. The molecule has 0 aliphatic carbocycles. The molecule has 2 nitrogen and oxygen atoms in total. The van der Waals surface area contributed by atoms with Crippen LogP contribution in [-0.2, 0) is 10.8 Å². The summed E-state index contributed by atoms with van der Waals surface area (Å²) in [6, 6.07) is 10.3. The van der Waals surface area contributed by atoms with Crippen molar-refractivity contribution in [2.75, 3.05) is 0 Å². The van der Waals surface area contributed by atoms with E-state index < -0.39 is 0 Å². The Morgan fingerprint density at radius 3 is 2.00 bits per heavy atom. The maximum atomic E-state index is 10.8. The summed E-state index contributed by atoms with van der Waals surface area (Å²) in [6.45, 7) is 17.1. The van der Waals surface area contributed by atoms with Crippen molar-refractivity contribution in [2.24, 2.45) is 4.99 Å². The molecule has 0 heterocycles. The first-order chi connectivity index (χ1) is 11.4. The lowest BCUT2D eigenvalue weighted by atomic mass is 9.79. The van der Waals surface area contributed by atoms with Gasteiger partial charge in [-0.2, -0.15) is 0 Å². The molecule has 0 fully saturated rings. The van der Waals surface area contributed by atoms with Gasteiger partial charge in [-0.25, -0.2) is 0 Å². The zero-order valence-corrected chi connectivity index (χ0v) is 16.9. The average Bonchev–Trinajstić information content (AvgIpc) is 2.47. The number of aliphatic imine (C=N–C) groups is 1. The lowest BCUT2D eigenvalue weighted by molar-refractivity contribution is 0.444. The van der Waals surface area contributed by atoms with Gasteiger partial charge in [-0.05, 0) is 59.6 Å². The van der Waals surface area contributed by atoms with E-state index in [9.17, 15) is 5.11 Å². The minimum atomic E-state index is -0.131. The first-order valence-corrected chi connectivity index (χ1v) is 8.89. The fourth-order valence-corrected chi connectivity index (χ4v) is 2.71. The van der Waals surface area contributed by atoms with Crippen LogP contribution in [0, 0.1) is 13.8 Å². The number of aromatic hydroxyl groups is 1. The van der Waals surface area contributed by atoms with E-state index in [0.29, 0.717) is 5.75 Å². The minimum absolute atomic E-state index is 0.0107. The summed E-state index contributed by atoms with van der Waals surface area (Å²) in [7, 11) is 0. The standard InChI is InChI=1S/C23H31NO/c1-15-9-10-19(11-16(15)2)24-14-17-12-18(22(3,4)5)13-20(21(17)25)23(6,7)8/h9-14,25H,1-8H3. The van der Waals surface area contributed by atoms with Gasteiger partial charge in [0.2, 0.25) is 0 Å². The molecule has 2 aromatic rings. The van der Waals surface area contributed by atoms with Crippen molar-refractivity contribution in [2.45, 2.75) is 66.2 Å². The van der Waals surface area contributed by atoms with Crippen molar-refractivity contribution < 1.29 is 5.11 Å². The van der Waals surface area contributed by atoms with Crippen LogP contribution in [0.5, 0.6) is 5.75 Å². The van der Waals surface area contributed by atoms with E-state index in [1.165, 1.54) is 16.7 Å². The van der Waals surface area contributed by atoms with E-state index in [2.05, 4.69) is 84.6 Å². The number of benzene rings is 2. The first kappa shape index (κ1) is 19.2. The van der Waals surface area contributed by atoms with Gasteiger partial charge in [0.25, 0.3) is 0 Å². The molecule has 2 heteroatoms. The molecular formula is C23H31NO. The first-order valence-electron chi connectivity index (χ1n) is 8.89. The molecular weight excluding hydrogens is 306 g/mol. The van der Waals surface area contributed by atoms with Crippen molar-refractivity contribution in [1.82, 2.24) is 0 Å². The quantitative estimate of drug-likeness (QED) is 0.636. The van der Waals surface area contributed by atoms with E-state index in [-0.39, 0.29) is 10.8 Å². The SMILES string of the molecule is Cc1ccc(N=Cc2cc(C(C)(C)C)cc(C(C)(C)C)c2O)cc1C. The van der Waals surface area contributed by atoms with Gasteiger partial charge in [-0.15, -0.1) is 0 Å². The van der Waals surface area contributed by atoms with Crippen LogP contribution in [0.2, 0.25) is 0 Å². The van der Waals surface area contributed by atoms with E-state index in [1.807, 2.05) is 6.07 Å². The number of nitrogens with zero attached hydrogens (tertiary/aromatic N) is 1. The van der Waals surface area contributed by atoms with Gasteiger partial charge in [-0.3, -0.25) is 4.99 Å². The predicted octanol–water partition coefficient (Wildman–Crippen LogP) is 6.35. The highest BCUT2D eigenvalue weighted by molar-refractivity contribution is 5.86. The molecule has 0 spiro atoms. The van der Waals surface area contributed by atoms with Crippen LogP contribution in [0.25, 0.3) is 0 Å². The number of hydrogen-bond donors (Lipinski definition) is 1. The molecule has 0 aliphatic rings. The molecule has 0 amide bonds. The topological polar surface area (TPSA) is 32.6 Å². The molecule has 0 saturated carbocycles. The van der Waals surface area contributed by atoms with Gasteiger partial charge in [0.15, 0.2) is 0 Å². The smallest absolute Gasteiger partial charge is 0.128 e. The Balaban J connectivity index is 2.55. The lowest BCUT2D eigenvalue weighted by Crippen LogP contribution is -2.17. The number of rotatable bonds is 2. The third-order valence-corrected chi connectivity index (χ3v) is 4.66. The summed E-state index contributed by atoms with van der Waals surface area (Å²) in [4.78, 5) is 4.60. The Kier molecular flexibility index (Phi) is 5.13. The number of aryl methyl sites for hydroxylation is 2. The van der Waals surface area contributed by atoms with Crippen molar-refractivity contribution in [3.8, 4) is 5.75 Å². The summed E-state index contributed by atoms with van der Waals surface area (Å²) in [5.41, 5.74) is 6.20. The lowest BCUT2D eigenvalue weighted by Gasteiger charge is -2.26. The van der Waals surface area contributed by atoms with Crippen molar-refractivity contribution in [3.63, 3.8) is 0 Å². The number of phenolic OH excluding ortho intramolecular Hbond substituents is 1. The van der Waals surface area contributed by atoms with Crippen LogP contribution in [-0.4, -0.2) is 11.3 Å². The highest BCUT2D eigenvalue weighted by atomic mass is 16.3. The Bertz CT molecular complexity index is 802. The predicted molar refractivity (Wildman–Crippen MR) is 109 cm³/mol. The summed E-state index contributed by atoms with van der Waals surface area (Å²) in [6.07, 6.45) is 1.78. The van der Waals surface area contributed by atoms with E-state index in [1.54, 1.807) is 6.21 Å². The second-order valence-corrected chi connectivity index (χ2v) is 8.99. The highest BCUT2D eigenvalue weighted by Crippen LogP contribution is 2.37. The van der Waals surface area contributed by atoms with E-state index in [0.717, 1.165) is 16.8 Å². The summed E-state index contributed by atoms with van der Waals surface area (Å²) >= 11 is 0. The molecule has 2 aromatic carbocycles. The highest BCUT2D eigenvalue weighted by Gasteiger charge is 2.24. The average molecular weight is 338 g/mol. The molecule has 0 aromatic heterocycles. The largest absolute Gasteiger partial charge is 0.507 e. The Morgan fingerprint density at radius 1 is 0.840 bits per heavy atom. The van der Waals surface area contributed by atoms with Crippen LogP contribution in [0.15, 0.2) is 35.3 Å². The Labute approximate surface area is 152 Å². The third kappa shape index (κ3) is 4.50.